The van der Waals surface area contributed by atoms with Gasteiger partial charge in [-0.3, -0.25) is 10.1 Å². The topological polar surface area (TPSA) is 75.4 Å². The van der Waals surface area contributed by atoms with E-state index in [4.69, 9.17) is 5.11 Å². The zero-order valence-electron chi connectivity index (χ0n) is 13.0. The van der Waals surface area contributed by atoms with Gasteiger partial charge in [-0.15, -0.1) is 0 Å². The third-order valence-electron chi connectivity index (χ3n) is 3.51. The summed E-state index contributed by atoms with van der Waals surface area (Å²) >= 11 is 0. The van der Waals surface area contributed by atoms with Crippen LogP contribution in [0.25, 0.3) is 12.2 Å². The molecule has 2 aromatic carbocycles. The van der Waals surface area contributed by atoms with Gasteiger partial charge in [-0.25, -0.2) is 0 Å². The Labute approximate surface area is 135 Å². The number of nitrogens with one attached hydrogen (secondary N) is 1. The minimum Gasteiger partial charge on any atom is -0.395 e. The van der Waals surface area contributed by atoms with Gasteiger partial charge in [0.2, 0.25) is 0 Å². The lowest BCUT2D eigenvalue weighted by Gasteiger charge is -2.10. The van der Waals surface area contributed by atoms with Gasteiger partial charge in [-0.05, 0) is 47.4 Å². The molecule has 2 rings (SSSR count). The number of aliphatic hydroxyl groups excluding tert-OH is 1. The predicted molar refractivity (Wildman–Crippen MR) is 93.4 cm³/mol. The number of nitro benzene ring substituents is 1. The number of hydrogen-bond acceptors (Lipinski definition) is 4. The van der Waals surface area contributed by atoms with E-state index in [9.17, 15) is 10.1 Å². The number of anilines is 1. The van der Waals surface area contributed by atoms with Crippen LogP contribution in [0.5, 0.6) is 0 Å². The Kier molecular flexibility index (Phi) is 5.88. The highest BCUT2D eigenvalue weighted by molar-refractivity contribution is 5.71. The molecule has 120 valence electrons. The van der Waals surface area contributed by atoms with E-state index < -0.39 is 4.92 Å². The summed E-state index contributed by atoms with van der Waals surface area (Å²) in [5, 5.41) is 22.7. The van der Waals surface area contributed by atoms with E-state index >= 15 is 0 Å². The van der Waals surface area contributed by atoms with Crippen molar-refractivity contribution in [3.8, 4) is 0 Å². The van der Waals surface area contributed by atoms with Crippen molar-refractivity contribution in [1.82, 2.24) is 0 Å². The van der Waals surface area contributed by atoms with Crippen molar-refractivity contribution in [3.05, 3.63) is 69.3 Å². The number of rotatable bonds is 7. The molecule has 0 amide bonds. The molecule has 0 saturated carbocycles. The lowest BCUT2D eigenvalue weighted by Crippen LogP contribution is -2.07. The Bertz CT molecular complexity index is 694. The Morgan fingerprint density at radius 1 is 1.13 bits per heavy atom. The molecule has 2 aromatic rings. The Hall–Kier alpha value is -2.66. The fourth-order valence-corrected chi connectivity index (χ4v) is 2.27. The normalized spacial score (nSPS) is 10.9. The third-order valence-corrected chi connectivity index (χ3v) is 3.51. The number of nitrogens with zero attached hydrogens (tertiary/aromatic N) is 1. The van der Waals surface area contributed by atoms with Crippen LogP contribution >= 0.6 is 0 Å². The second-order valence-electron chi connectivity index (χ2n) is 5.10. The zero-order chi connectivity index (χ0) is 16.7. The van der Waals surface area contributed by atoms with Crippen LogP contribution in [0.2, 0.25) is 0 Å². The quantitative estimate of drug-likeness (QED) is 0.464. The SMILES string of the molecule is CCc1cc(C=Cc2ccc([N+](=O)[O-])cc2)ccc1NCCO. The lowest BCUT2D eigenvalue weighted by molar-refractivity contribution is -0.384. The van der Waals surface area contributed by atoms with Gasteiger partial charge < -0.3 is 10.4 Å². The molecule has 0 radical (unpaired) electrons. The van der Waals surface area contributed by atoms with Crippen molar-refractivity contribution < 1.29 is 10.0 Å². The highest BCUT2D eigenvalue weighted by Crippen LogP contribution is 2.20. The van der Waals surface area contributed by atoms with E-state index in [2.05, 4.69) is 18.3 Å². The lowest BCUT2D eigenvalue weighted by atomic mass is 10.0. The van der Waals surface area contributed by atoms with Crippen LogP contribution in [0.15, 0.2) is 42.5 Å². The van der Waals surface area contributed by atoms with Gasteiger partial charge >= 0.3 is 0 Å². The molecule has 0 fully saturated rings. The number of benzene rings is 2. The van der Waals surface area contributed by atoms with E-state index in [0.29, 0.717) is 6.54 Å². The van der Waals surface area contributed by atoms with Gasteiger partial charge in [0.25, 0.3) is 5.69 Å². The molecule has 0 aliphatic rings. The summed E-state index contributed by atoms with van der Waals surface area (Å²) in [6.07, 6.45) is 4.81. The molecule has 5 nitrogen and oxygen atoms in total. The number of hydrogen-bond donors (Lipinski definition) is 2. The number of nitro groups is 1. The molecule has 0 aliphatic heterocycles. The van der Waals surface area contributed by atoms with Crippen LogP contribution in [0.1, 0.15) is 23.6 Å². The summed E-state index contributed by atoms with van der Waals surface area (Å²) in [5.41, 5.74) is 4.29. The van der Waals surface area contributed by atoms with Gasteiger partial charge in [-0.2, -0.15) is 0 Å². The molecule has 0 heterocycles. The van der Waals surface area contributed by atoms with Crippen molar-refractivity contribution in [1.29, 1.82) is 0 Å². The average Bonchev–Trinajstić information content (AvgIpc) is 2.58. The molecule has 5 heteroatoms. The molecule has 2 N–H and O–H groups in total. The molecular weight excluding hydrogens is 292 g/mol. The van der Waals surface area contributed by atoms with Crippen molar-refractivity contribution >= 4 is 23.5 Å². The first kappa shape index (κ1) is 16.7. The van der Waals surface area contributed by atoms with Crippen LogP contribution in [-0.2, 0) is 6.42 Å². The van der Waals surface area contributed by atoms with Crippen molar-refractivity contribution in [2.24, 2.45) is 0 Å². The summed E-state index contributed by atoms with van der Waals surface area (Å²) in [5.74, 6) is 0. The highest BCUT2D eigenvalue weighted by atomic mass is 16.6. The minimum atomic E-state index is -0.404. The average molecular weight is 312 g/mol. The fraction of sp³-hybridized carbons (Fsp3) is 0.222. The number of non-ortho nitro benzene ring substituents is 1. The molecule has 0 bridgehead atoms. The summed E-state index contributed by atoms with van der Waals surface area (Å²) in [6.45, 7) is 2.72. The fourth-order valence-electron chi connectivity index (χ4n) is 2.27. The Morgan fingerprint density at radius 3 is 2.39 bits per heavy atom. The summed E-state index contributed by atoms with van der Waals surface area (Å²) in [7, 11) is 0. The van der Waals surface area contributed by atoms with E-state index in [-0.39, 0.29) is 12.3 Å². The standard InChI is InChI=1S/C18H20N2O3/c1-2-16-13-15(7-10-18(16)19-11-12-21)4-3-14-5-8-17(9-6-14)20(22)23/h3-10,13,19,21H,2,11-12H2,1H3. The second-order valence-corrected chi connectivity index (χ2v) is 5.10. The van der Waals surface area contributed by atoms with Crippen LogP contribution in [0.4, 0.5) is 11.4 Å². The van der Waals surface area contributed by atoms with Crippen LogP contribution in [0.3, 0.4) is 0 Å². The Balaban J connectivity index is 2.14. The van der Waals surface area contributed by atoms with Crippen molar-refractivity contribution in [2.75, 3.05) is 18.5 Å². The van der Waals surface area contributed by atoms with Gasteiger partial charge in [0.05, 0.1) is 11.5 Å². The summed E-state index contributed by atoms with van der Waals surface area (Å²) in [6, 6.07) is 12.6. The molecular formula is C18H20N2O3. The number of aliphatic hydroxyl groups is 1. The number of aryl methyl sites for hydroxylation is 1. The highest BCUT2D eigenvalue weighted by Gasteiger charge is 2.03. The molecule has 0 unspecified atom stereocenters. The van der Waals surface area contributed by atoms with E-state index in [1.165, 1.54) is 17.7 Å². The molecule has 0 atom stereocenters. The van der Waals surface area contributed by atoms with E-state index in [1.54, 1.807) is 12.1 Å². The Morgan fingerprint density at radius 2 is 1.78 bits per heavy atom. The molecule has 0 saturated heterocycles. The monoisotopic (exact) mass is 312 g/mol. The van der Waals surface area contributed by atoms with Gasteiger partial charge in [-0.1, -0.05) is 25.1 Å². The predicted octanol–water partition coefficient (Wildman–Crippen LogP) is 3.73. The van der Waals surface area contributed by atoms with E-state index in [0.717, 1.165) is 23.2 Å². The maximum atomic E-state index is 10.6. The van der Waals surface area contributed by atoms with Gasteiger partial charge in [0, 0.05) is 24.4 Å². The molecule has 0 aliphatic carbocycles. The van der Waals surface area contributed by atoms with Crippen molar-refractivity contribution in [3.63, 3.8) is 0 Å². The minimum absolute atomic E-state index is 0.0923. The van der Waals surface area contributed by atoms with Gasteiger partial charge in [0.1, 0.15) is 0 Å². The summed E-state index contributed by atoms with van der Waals surface area (Å²) < 4.78 is 0. The first-order valence-electron chi connectivity index (χ1n) is 7.54. The maximum absolute atomic E-state index is 10.6. The smallest absolute Gasteiger partial charge is 0.269 e. The summed E-state index contributed by atoms with van der Waals surface area (Å²) in [4.78, 5) is 10.2. The van der Waals surface area contributed by atoms with Crippen LogP contribution < -0.4 is 5.32 Å². The zero-order valence-corrected chi connectivity index (χ0v) is 13.0. The molecule has 0 aromatic heterocycles. The first-order chi connectivity index (χ1) is 11.1. The van der Waals surface area contributed by atoms with Crippen molar-refractivity contribution in [2.45, 2.75) is 13.3 Å². The third kappa shape index (κ3) is 4.66. The second kappa shape index (κ2) is 8.10. The van der Waals surface area contributed by atoms with E-state index in [1.807, 2.05) is 24.3 Å². The first-order valence-corrected chi connectivity index (χ1v) is 7.54. The molecule has 0 spiro atoms. The van der Waals surface area contributed by atoms with Crippen LogP contribution in [0, 0.1) is 10.1 Å². The maximum Gasteiger partial charge on any atom is 0.269 e. The molecule has 23 heavy (non-hydrogen) atoms. The van der Waals surface area contributed by atoms with Gasteiger partial charge in [0.15, 0.2) is 0 Å². The largest absolute Gasteiger partial charge is 0.395 e. The van der Waals surface area contributed by atoms with Crippen LogP contribution in [-0.4, -0.2) is 23.2 Å².